The van der Waals surface area contributed by atoms with Crippen LogP contribution in [0, 0.1) is 22.7 Å². The highest BCUT2D eigenvalue weighted by Gasteiger charge is 2.67. The van der Waals surface area contributed by atoms with Crippen LogP contribution in [-0.2, 0) is 9.59 Å². The van der Waals surface area contributed by atoms with Crippen molar-refractivity contribution in [2.45, 2.75) is 90.4 Å². The molecule has 1 aliphatic carbocycles. The van der Waals surface area contributed by atoms with Gasteiger partial charge in [-0.3, -0.25) is 24.9 Å². The Hall–Kier alpha value is -3.42. The quantitative estimate of drug-likeness (QED) is 0.459. The minimum atomic E-state index is -0.470. The standard InChI is InChI=1S/C31H41N5O3/c1-7-31(8-2)17-23(37)36(28(32)35-31)26(19-12-11-15-33-18-19)24-25(30(24,5)6)27(38)34-21-16-29(3,4)39-22-14-10-9-13-20(21)22/h9-15,18,21,24-26H,7-8,16-17H2,1-6H3,(H2,32,35)(H,34,38)/t21-,24+,25+,26+/m0/s1. The summed E-state index contributed by atoms with van der Waals surface area (Å²) in [6.45, 7) is 12.3. The van der Waals surface area contributed by atoms with Crippen molar-refractivity contribution in [1.29, 1.82) is 5.41 Å². The molecule has 39 heavy (non-hydrogen) atoms. The summed E-state index contributed by atoms with van der Waals surface area (Å²) in [5.74, 6) is 0.283. The third-order valence-corrected chi connectivity index (χ3v) is 9.27. The van der Waals surface area contributed by atoms with E-state index in [0.717, 1.165) is 29.7 Å². The summed E-state index contributed by atoms with van der Waals surface area (Å²) in [6.07, 6.45) is 5.95. The lowest BCUT2D eigenvalue weighted by Gasteiger charge is -2.45. The van der Waals surface area contributed by atoms with E-state index >= 15 is 0 Å². The number of ether oxygens (including phenoxy) is 1. The van der Waals surface area contributed by atoms with Crippen molar-refractivity contribution < 1.29 is 14.3 Å². The first-order valence-corrected chi connectivity index (χ1v) is 14.1. The van der Waals surface area contributed by atoms with Crippen LogP contribution in [0.1, 0.15) is 90.4 Å². The molecule has 208 valence electrons. The molecule has 3 heterocycles. The third kappa shape index (κ3) is 4.79. The molecule has 1 saturated heterocycles. The molecular formula is C31H41N5O3. The number of aromatic nitrogens is 1. The number of nitrogens with one attached hydrogen (secondary N) is 3. The van der Waals surface area contributed by atoms with Crippen LogP contribution < -0.4 is 15.4 Å². The van der Waals surface area contributed by atoms with Gasteiger partial charge in [-0.2, -0.15) is 0 Å². The van der Waals surface area contributed by atoms with Crippen LogP contribution in [0.3, 0.4) is 0 Å². The summed E-state index contributed by atoms with van der Waals surface area (Å²) in [5.41, 5.74) is 0.619. The zero-order valence-electron chi connectivity index (χ0n) is 23.9. The van der Waals surface area contributed by atoms with Crippen LogP contribution in [0.2, 0.25) is 0 Å². The maximum absolute atomic E-state index is 14.0. The predicted molar refractivity (Wildman–Crippen MR) is 150 cm³/mol. The van der Waals surface area contributed by atoms with Gasteiger partial charge in [0.05, 0.1) is 18.5 Å². The number of carbonyl (C=O) groups excluding carboxylic acids is 2. The van der Waals surface area contributed by atoms with Gasteiger partial charge in [0, 0.05) is 41.8 Å². The Morgan fingerprint density at radius 1 is 1.18 bits per heavy atom. The van der Waals surface area contributed by atoms with Crippen LogP contribution in [0.4, 0.5) is 0 Å². The molecule has 2 aromatic rings. The van der Waals surface area contributed by atoms with Crippen molar-refractivity contribution in [2.24, 2.45) is 17.3 Å². The molecule has 0 bridgehead atoms. The number of amides is 2. The molecule has 8 heteroatoms. The minimum Gasteiger partial charge on any atom is -0.487 e. The van der Waals surface area contributed by atoms with Crippen molar-refractivity contribution in [3.63, 3.8) is 0 Å². The van der Waals surface area contributed by atoms with E-state index in [1.54, 1.807) is 17.3 Å². The molecule has 1 aromatic heterocycles. The van der Waals surface area contributed by atoms with E-state index in [1.807, 2.05) is 64.1 Å². The lowest BCUT2D eigenvalue weighted by Crippen LogP contribution is -2.62. The zero-order valence-corrected chi connectivity index (χ0v) is 23.9. The van der Waals surface area contributed by atoms with Crippen molar-refractivity contribution in [1.82, 2.24) is 20.5 Å². The summed E-state index contributed by atoms with van der Waals surface area (Å²) in [4.78, 5) is 33.6. The molecule has 3 N–H and O–H groups in total. The Labute approximate surface area is 231 Å². The minimum absolute atomic E-state index is 0.0307. The Morgan fingerprint density at radius 3 is 2.54 bits per heavy atom. The largest absolute Gasteiger partial charge is 0.487 e. The number of hydrogen-bond donors (Lipinski definition) is 3. The number of hydrogen-bond acceptors (Lipinski definition) is 5. The van der Waals surface area contributed by atoms with E-state index in [-0.39, 0.29) is 41.1 Å². The molecule has 0 spiro atoms. The molecule has 5 rings (SSSR count). The SMILES string of the molecule is CCC1(CC)CC(=O)N([C@H](c2cccnc2)[C@H]2[C@H](C(=O)N[C@H]3CC(C)(C)Oc4ccccc43)C2(C)C)C(=N)N1. The molecule has 0 unspecified atom stereocenters. The highest BCUT2D eigenvalue weighted by Crippen LogP contribution is 2.65. The maximum Gasteiger partial charge on any atom is 0.232 e. The first kappa shape index (κ1) is 27.2. The average Bonchev–Trinajstić information content (AvgIpc) is 3.46. The molecule has 4 atom stereocenters. The second-order valence-corrected chi connectivity index (χ2v) is 12.6. The van der Waals surface area contributed by atoms with Gasteiger partial charge in [-0.25, -0.2) is 0 Å². The number of pyridine rings is 1. The summed E-state index contributed by atoms with van der Waals surface area (Å²) in [6, 6.07) is 11.0. The maximum atomic E-state index is 14.0. The number of para-hydroxylation sites is 1. The summed E-state index contributed by atoms with van der Waals surface area (Å²) in [7, 11) is 0. The molecule has 2 fully saturated rings. The van der Waals surface area contributed by atoms with Crippen LogP contribution in [0.5, 0.6) is 5.75 Å². The van der Waals surface area contributed by atoms with Crippen molar-refractivity contribution in [3.8, 4) is 5.75 Å². The third-order valence-electron chi connectivity index (χ3n) is 9.27. The lowest BCUT2D eigenvalue weighted by molar-refractivity contribution is -0.134. The van der Waals surface area contributed by atoms with Gasteiger partial charge in [-0.15, -0.1) is 0 Å². The van der Waals surface area contributed by atoms with Gasteiger partial charge in [0.15, 0.2) is 5.96 Å². The zero-order chi connectivity index (χ0) is 28.2. The number of nitrogens with zero attached hydrogens (tertiary/aromatic N) is 2. The first-order chi connectivity index (χ1) is 18.4. The molecule has 1 saturated carbocycles. The molecule has 8 nitrogen and oxygen atoms in total. The molecule has 3 aliphatic rings. The normalized spacial score (nSPS) is 27.0. The first-order valence-electron chi connectivity index (χ1n) is 14.1. The van der Waals surface area contributed by atoms with Gasteiger partial charge >= 0.3 is 0 Å². The van der Waals surface area contributed by atoms with E-state index in [2.05, 4.69) is 29.5 Å². The highest BCUT2D eigenvalue weighted by atomic mass is 16.5. The fourth-order valence-electron chi connectivity index (χ4n) is 6.85. The second-order valence-electron chi connectivity index (χ2n) is 12.6. The van der Waals surface area contributed by atoms with E-state index < -0.39 is 17.2 Å². The average molecular weight is 532 g/mol. The van der Waals surface area contributed by atoms with Gasteiger partial charge in [0.1, 0.15) is 11.4 Å². The fraction of sp³-hybridized carbons (Fsp3) is 0.548. The van der Waals surface area contributed by atoms with Crippen LogP contribution in [-0.4, -0.2) is 38.8 Å². The van der Waals surface area contributed by atoms with Crippen LogP contribution >= 0.6 is 0 Å². The number of guanidine groups is 1. The topological polar surface area (TPSA) is 107 Å². The van der Waals surface area contributed by atoms with Crippen LogP contribution in [0.25, 0.3) is 0 Å². The van der Waals surface area contributed by atoms with Gasteiger partial charge in [0.25, 0.3) is 0 Å². The Bertz CT molecular complexity index is 1250. The van der Waals surface area contributed by atoms with Gasteiger partial charge in [-0.1, -0.05) is 52.0 Å². The Balaban J connectivity index is 1.45. The highest BCUT2D eigenvalue weighted by molar-refractivity contribution is 6.00. The van der Waals surface area contributed by atoms with Crippen molar-refractivity contribution >= 4 is 17.8 Å². The number of fused-ring (bicyclic) bond motifs is 1. The van der Waals surface area contributed by atoms with E-state index in [9.17, 15) is 9.59 Å². The molecule has 2 amide bonds. The number of benzene rings is 1. The smallest absolute Gasteiger partial charge is 0.232 e. The fourth-order valence-corrected chi connectivity index (χ4v) is 6.85. The summed E-state index contributed by atoms with van der Waals surface area (Å²) < 4.78 is 6.17. The van der Waals surface area contributed by atoms with E-state index in [1.165, 1.54) is 0 Å². The molecule has 1 aromatic carbocycles. The Kier molecular flexibility index (Phi) is 6.72. The number of carbonyl (C=O) groups is 2. The summed E-state index contributed by atoms with van der Waals surface area (Å²) >= 11 is 0. The predicted octanol–water partition coefficient (Wildman–Crippen LogP) is 5.13. The molecule has 2 aliphatic heterocycles. The van der Waals surface area contributed by atoms with Crippen molar-refractivity contribution in [2.75, 3.05) is 0 Å². The lowest BCUT2D eigenvalue weighted by atomic mass is 9.85. The summed E-state index contributed by atoms with van der Waals surface area (Å²) in [5, 5.41) is 15.6. The molecular weight excluding hydrogens is 490 g/mol. The van der Waals surface area contributed by atoms with E-state index in [0.29, 0.717) is 12.8 Å². The number of rotatable bonds is 7. The van der Waals surface area contributed by atoms with E-state index in [4.69, 9.17) is 10.1 Å². The Morgan fingerprint density at radius 2 is 1.90 bits per heavy atom. The molecule has 0 radical (unpaired) electrons. The van der Waals surface area contributed by atoms with Gasteiger partial charge in [-0.05, 0) is 49.8 Å². The monoisotopic (exact) mass is 531 g/mol. The van der Waals surface area contributed by atoms with Crippen molar-refractivity contribution in [3.05, 3.63) is 59.9 Å². The van der Waals surface area contributed by atoms with Crippen LogP contribution in [0.15, 0.2) is 48.8 Å². The second kappa shape index (κ2) is 9.65. The van der Waals surface area contributed by atoms with Gasteiger partial charge < -0.3 is 15.4 Å². The van der Waals surface area contributed by atoms with Gasteiger partial charge in [0.2, 0.25) is 11.8 Å².